The summed E-state index contributed by atoms with van der Waals surface area (Å²) in [5.41, 5.74) is 0.637. The lowest BCUT2D eigenvalue weighted by Crippen LogP contribution is -2.50. The molecule has 0 radical (unpaired) electrons. The Morgan fingerprint density at radius 2 is 1.90 bits per heavy atom. The molecule has 0 saturated carbocycles. The molecular weight excluding hydrogens is 371 g/mol. The maximum atomic E-state index is 12.0. The average molecular weight is 392 g/mol. The van der Waals surface area contributed by atoms with E-state index < -0.39 is 5.60 Å². The molecule has 0 aliphatic carbocycles. The van der Waals surface area contributed by atoms with Crippen LogP contribution < -0.4 is 4.90 Å². The zero-order valence-electron chi connectivity index (χ0n) is 12.4. The summed E-state index contributed by atoms with van der Waals surface area (Å²) in [6.45, 7) is 10.5. The maximum absolute atomic E-state index is 12.0. The van der Waals surface area contributed by atoms with E-state index in [-0.39, 0.29) is 6.09 Å². The number of anilines is 1. The van der Waals surface area contributed by atoms with E-state index in [1.165, 1.54) is 0 Å². The van der Waals surface area contributed by atoms with Crippen molar-refractivity contribution in [1.29, 1.82) is 0 Å². The summed E-state index contributed by atoms with van der Waals surface area (Å²) in [5.74, 6) is 0.979. The lowest BCUT2D eigenvalue weighted by Gasteiger charge is -2.35. The van der Waals surface area contributed by atoms with Crippen LogP contribution in [0.2, 0.25) is 0 Å². The van der Waals surface area contributed by atoms with Crippen molar-refractivity contribution in [3.63, 3.8) is 0 Å². The number of carbonyl (C=O) groups excluding carboxylic acids is 1. The predicted octanol–water partition coefficient (Wildman–Crippen LogP) is 2.38. The van der Waals surface area contributed by atoms with Crippen LogP contribution in [0.25, 0.3) is 0 Å². The molecule has 0 spiro atoms. The summed E-state index contributed by atoms with van der Waals surface area (Å²) in [6, 6.07) is 0. The van der Waals surface area contributed by atoms with Gasteiger partial charge in [-0.15, -0.1) is 0 Å². The van der Waals surface area contributed by atoms with Crippen molar-refractivity contribution in [2.45, 2.75) is 33.3 Å². The fourth-order valence-electron chi connectivity index (χ4n) is 2.04. The molecule has 1 fully saturated rings. The molecule has 1 aromatic heterocycles. The highest BCUT2D eigenvalue weighted by Crippen LogP contribution is 2.23. The molecule has 7 heteroatoms. The molecule has 20 heavy (non-hydrogen) atoms. The highest BCUT2D eigenvalue weighted by molar-refractivity contribution is 14.1. The van der Waals surface area contributed by atoms with Crippen molar-refractivity contribution in [1.82, 2.24) is 15.1 Å². The number of rotatable bonds is 1. The van der Waals surface area contributed by atoms with E-state index in [1.54, 1.807) is 4.90 Å². The number of amides is 1. The van der Waals surface area contributed by atoms with Gasteiger partial charge in [-0.1, -0.05) is 0 Å². The van der Waals surface area contributed by atoms with Crippen molar-refractivity contribution < 1.29 is 9.53 Å². The van der Waals surface area contributed by atoms with Gasteiger partial charge in [-0.2, -0.15) is 5.10 Å². The van der Waals surface area contributed by atoms with Crippen LogP contribution in [-0.4, -0.2) is 53.0 Å². The second-order valence-corrected chi connectivity index (χ2v) is 7.02. The number of nitrogens with zero attached hydrogens (tertiary/aromatic N) is 3. The van der Waals surface area contributed by atoms with Crippen molar-refractivity contribution >= 4 is 34.5 Å². The first-order chi connectivity index (χ1) is 9.28. The van der Waals surface area contributed by atoms with Gasteiger partial charge in [0.15, 0.2) is 5.82 Å². The molecule has 1 aliphatic heterocycles. The molecule has 0 bridgehead atoms. The molecule has 0 unspecified atom stereocenters. The summed E-state index contributed by atoms with van der Waals surface area (Å²) < 4.78 is 6.54. The Morgan fingerprint density at radius 1 is 1.30 bits per heavy atom. The van der Waals surface area contributed by atoms with Gasteiger partial charge in [0, 0.05) is 31.9 Å². The molecule has 1 N–H and O–H groups in total. The molecule has 1 aromatic rings. The Kier molecular flexibility index (Phi) is 4.46. The number of ether oxygens (including phenoxy) is 1. The van der Waals surface area contributed by atoms with Gasteiger partial charge in [0.1, 0.15) is 5.60 Å². The number of aromatic amines is 1. The number of hydrogen-bond acceptors (Lipinski definition) is 4. The molecular formula is C13H21IN4O2. The first-order valence-electron chi connectivity index (χ1n) is 6.71. The van der Waals surface area contributed by atoms with E-state index in [1.807, 2.05) is 27.7 Å². The SMILES string of the molecule is Cc1[nH]nc(N2CCN(C(=O)OC(C)(C)C)CC2)c1I. The van der Waals surface area contributed by atoms with Crippen LogP contribution in [0.1, 0.15) is 26.5 Å². The zero-order chi connectivity index (χ0) is 14.9. The quantitative estimate of drug-likeness (QED) is 0.746. The van der Waals surface area contributed by atoms with E-state index in [2.05, 4.69) is 37.7 Å². The Bertz CT molecular complexity index is 487. The summed E-state index contributed by atoms with van der Waals surface area (Å²) in [5, 5.41) is 7.32. The Morgan fingerprint density at radius 3 is 2.35 bits per heavy atom. The number of carbonyl (C=O) groups is 1. The third kappa shape index (κ3) is 3.56. The minimum absolute atomic E-state index is 0.231. The lowest BCUT2D eigenvalue weighted by molar-refractivity contribution is 0.0240. The van der Waals surface area contributed by atoms with Crippen molar-refractivity contribution in [3.8, 4) is 0 Å². The summed E-state index contributed by atoms with van der Waals surface area (Å²) in [6.07, 6.45) is -0.231. The Balaban J connectivity index is 1.93. The smallest absolute Gasteiger partial charge is 0.410 e. The molecule has 0 atom stereocenters. The van der Waals surface area contributed by atoms with Crippen molar-refractivity contribution in [2.75, 3.05) is 31.1 Å². The number of nitrogens with one attached hydrogen (secondary N) is 1. The van der Waals surface area contributed by atoms with E-state index in [9.17, 15) is 4.79 Å². The first kappa shape index (κ1) is 15.4. The molecule has 1 aliphatic rings. The van der Waals surface area contributed by atoms with E-state index in [4.69, 9.17) is 4.74 Å². The predicted molar refractivity (Wildman–Crippen MR) is 86.1 cm³/mol. The van der Waals surface area contributed by atoms with Gasteiger partial charge >= 0.3 is 6.09 Å². The zero-order valence-corrected chi connectivity index (χ0v) is 14.5. The van der Waals surface area contributed by atoms with Crippen LogP contribution >= 0.6 is 22.6 Å². The largest absolute Gasteiger partial charge is 0.444 e. The number of halogens is 1. The van der Waals surface area contributed by atoms with Gasteiger partial charge in [0.05, 0.1) is 3.57 Å². The van der Waals surface area contributed by atoms with E-state index in [0.717, 1.165) is 28.2 Å². The number of aryl methyl sites for hydroxylation is 1. The van der Waals surface area contributed by atoms with Crippen LogP contribution in [0.15, 0.2) is 0 Å². The van der Waals surface area contributed by atoms with Crippen LogP contribution in [-0.2, 0) is 4.74 Å². The Hall–Kier alpha value is -0.990. The standard InChI is InChI=1S/C13H21IN4O2/c1-9-10(14)11(16-15-9)17-5-7-18(8-6-17)12(19)20-13(2,3)4/h5-8H2,1-4H3,(H,15,16). The topological polar surface area (TPSA) is 61.5 Å². The van der Waals surface area contributed by atoms with Crippen molar-refractivity contribution in [2.24, 2.45) is 0 Å². The molecule has 1 amide bonds. The summed E-state index contributed by atoms with van der Waals surface area (Å²) in [7, 11) is 0. The minimum Gasteiger partial charge on any atom is -0.444 e. The number of hydrogen-bond donors (Lipinski definition) is 1. The van der Waals surface area contributed by atoms with Crippen LogP contribution in [0, 0.1) is 10.5 Å². The molecule has 112 valence electrons. The molecule has 2 heterocycles. The summed E-state index contributed by atoms with van der Waals surface area (Å²) >= 11 is 2.30. The van der Waals surface area contributed by atoms with Gasteiger partial charge in [0.25, 0.3) is 0 Å². The lowest BCUT2D eigenvalue weighted by atomic mass is 10.2. The molecule has 2 rings (SSSR count). The van der Waals surface area contributed by atoms with Crippen LogP contribution in [0.4, 0.5) is 10.6 Å². The molecule has 1 saturated heterocycles. The number of aromatic nitrogens is 2. The second-order valence-electron chi connectivity index (χ2n) is 5.94. The maximum Gasteiger partial charge on any atom is 0.410 e. The van der Waals surface area contributed by atoms with Gasteiger partial charge < -0.3 is 14.5 Å². The van der Waals surface area contributed by atoms with Crippen LogP contribution in [0.5, 0.6) is 0 Å². The number of H-pyrrole nitrogens is 1. The summed E-state index contributed by atoms with van der Waals surface area (Å²) in [4.78, 5) is 15.9. The Labute approximate surface area is 133 Å². The highest BCUT2D eigenvalue weighted by Gasteiger charge is 2.27. The minimum atomic E-state index is -0.442. The monoisotopic (exact) mass is 392 g/mol. The first-order valence-corrected chi connectivity index (χ1v) is 7.79. The van der Waals surface area contributed by atoms with Gasteiger partial charge in [-0.25, -0.2) is 4.79 Å². The average Bonchev–Trinajstić information content (AvgIpc) is 2.68. The second kappa shape index (κ2) is 5.79. The fraction of sp³-hybridized carbons (Fsp3) is 0.692. The number of piperazine rings is 1. The normalized spacial score (nSPS) is 16.4. The van der Waals surface area contributed by atoms with Crippen LogP contribution in [0.3, 0.4) is 0 Å². The van der Waals surface area contributed by atoms with E-state index in [0.29, 0.717) is 13.1 Å². The van der Waals surface area contributed by atoms with E-state index >= 15 is 0 Å². The molecule has 6 nitrogen and oxygen atoms in total. The fourth-order valence-corrected chi connectivity index (χ4v) is 2.62. The van der Waals surface area contributed by atoms with Gasteiger partial charge in [-0.05, 0) is 50.3 Å². The van der Waals surface area contributed by atoms with Crippen molar-refractivity contribution in [3.05, 3.63) is 9.26 Å². The van der Waals surface area contributed by atoms with Gasteiger partial charge in [-0.3, -0.25) is 5.10 Å². The third-order valence-corrected chi connectivity index (χ3v) is 4.38. The molecule has 0 aromatic carbocycles. The van der Waals surface area contributed by atoms with Gasteiger partial charge in [0.2, 0.25) is 0 Å². The highest BCUT2D eigenvalue weighted by atomic mass is 127. The third-order valence-electron chi connectivity index (χ3n) is 3.09.